The molecule has 138 valence electrons. The van der Waals surface area contributed by atoms with Gasteiger partial charge >= 0.3 is 0 Å². The monoisotopic (exact) mass is 363 g/mol. The van der Waals surface area contributed by atoms with Gasteiger partial charge in [-0.05, 0) is 24.1 Å². The van der Waals surface area contributed by atoms with E-state index in [1.807, 2.05) is 48.5 Å². The maximum absolute atomic E-state index is 12.3. The van der Waals surface area contributed by atoms with E-state index in [0.717, 1.165) is 28.7 Å². The fourth-order valence-electron chi connectivity index (χ4n) is 3.38. The van der Waals surface area contributed by atoms with Crippen LogP contribution in [0.2, 0.25) is 0 Å². The molecule has 4 rings (SSSR count). The van der Waals surface area contributed by atoms with Crippen LogP contribution in [0.15, 0.2) is 59.9 Å². The summed E-state index contributed by atoms with van der Waals surface area (Å²) in [5.41, 5.74) is 4.27. The summed E-state index contributed by atoms with van der Waals surface area (Å²) in [5.74, 6) is -0.326. The van der Waals surface area contributed by atoms with Crippen molar-refractivity contribution >= 4 is 22.5 Å². The Labute approximate surface area is 156 Å². The number of aromatic nitrogens is 3. The molecule has 0 saturated carbocycles. The standard InChI is InChI=1S/C20H21N5O2/c1-3-13(12-8-5-4-6-9-12)21-16-17(20(27)19(16)26)22-14-10-7-11-15-18(14)25(2)24-23-15/h4-11,13,19,21-22,26H,3H2,1-2H3/t13-,19?/m1/s1. The highest BCUT2D eigenvalue weighted by atomic mass is 16.3. The predicted octanol–water partition coefficient (Wildman–Crippen LogP) is 2.28. The second-order valence-corrected chi connectivity index (χ2v) is 6.58. The quantitative estimate of drug-likeness (QED) is 0.622. The average Bonchev–Trinajstić information content (AvgIpc) is 3.09. The summed E-state index contributed by atoms with van der Waals surface area (Å²) in [6.07, 6.45) is -0.308. The number of nitrogens with one attached hydrogen (secondary N) is 2. The third-order valence-electron chi connectivity index (χ3n) is 4.86. The molecule has 0 bridgehead atoms. The Morgan fingerprint density at radius 1 is 1.19 bits per heavy atom. The third-order valence-corrected chi connectivity index (χ3v) is 4.86. The molecule has 2 aromatic carbocycles. The van der Waals surface area contributed by atoms with Gasteiger partial charge in [0.2, 0.25) is 5.78 Å². The number of nitrogens with zero attached hydrogens (tertiary/aromatic N) is 3. The van der Waals surface area contributed by atoms with Gasteiger partial charge in [-0.3, -0.25) is 4.79 Å². The molecule has 0 radical (unpaired) electrons. The Balaban J connectivity index is 1.66. The van der Waals surface area contributed by atoms with Crippen LogP contribution in [-0.4, -0.2) is 32.0 Å². The number of aliphatic hydroxyl groups excluding tert-OH is 1. The largest absolute Gasteiger partial charge is 0.378 e. The Hall–Kier alpha value is -3.19. The van der Waals surface area contributed by atoms with E-state index >= 15 is 0 Å². The van der Waals surface area contributed by atoms with Crippen molar-refractivity contribution in [3.63, 3.8) is 0 Å². The minimum absolute atomic E-state index is 0.00918. The summed E-state index contributed by atoms with van der Waals surface area (Å²) in [6, 6.07) is 15.6. The van der Waals surface area contributed by atoms with Gasteiger partial charge in [0.15, 0.2) is 6.10 Å². The summed E-state index contributed by atoms with van der Waals surface area (Å²) >= 11 is 0. The van der Waals surface area contributed by atoms with Crippen molar-refractivity contribution in [3.8, 4) is 0 Å². The van der Waals surface area contributed by atoms with Gasteiger partial charge < -0.3 is 15.7 Å². The Morgan fingerprint density at radius 3 is 2.70 bits per heavy atom. The maximum atomic E-state index is 12.3. The van der Waals surface area contributed by atoms with E-state index in [2.05, 4.69) is 27.9 Å². The Morgan fingerprint density at radius 2 is 1.96 bits per heavy atom. The first-order valence-electron chi connectivity index (χ1n) is 8.93. The van der Waals surface area contributed by atoms with Crippen LogP contribution in [0.4, 0.5) is 5.69 Å². The van der Waals surface area contributed by atoms with Crippen molar-refractivity contribution in [2.45, 2.75) is 25.5 Å². The van der Waals surface area contributed by atoms with Gasteiger partial charge in [-0.25, -0.2) is 4.68 Å². The number of carbonyl (C=O) groups is 1. The number of ketones is 1. The van der Waals surface area contributed by atoms with Crippen LogP contribution >= 0.6 is 0 Å². The van der Waals surface area contributed by atoms with E-state index in [9.17, 15) is 9.90 Å². The summed E-state index contributed by atoms with van der Waals surface area (Å²) < 4.78 is 1.66. The lowest BCUT2D eigenvalue weighted by molar-refractivity contribution is -0.124. The second-order valence-electron chi connectivity index (χ2n) is 6.58. The number of carbonyl (C=O) groups excluding carboxylic acids is 1. The zero-order valence-corrected chi connectivity index (χ0v) is 15.2. The van der Waals surface area contributed by atoms with Crippen LogP contribution in [0, 0.1) is 0 Å². The highest BCUT2D eigenvalue weighted by Gasteiger charge is 2.39. The first-order chi connectivity index (χ1) is 13.1. The van der Waals surface area contributed by atoms with Crippen molar-refractivity contribution in [1.82, 2.24) is 20.3 Å². The van der Waals surface area contributed by atoms with Crippen LogP contribution in [0.25, 0.3) is 11.0 Å². The maximum Gasteiger partial charge on any atom is 0.215 e. The molecule has 1 aliphatic rings. The lowest BCUT2D eigenvalue weighted by Gasteiger charge is -2.33. The van der Waals surface area contributed by atoms with Gasteiger partial charge in [0.1, 0.15) is 16.7 Å². The molecule has 0 fully saturated rings. The fourth-order valence-corrected chi connectivity index (χ4v) is 3.38. The zero-order valence-electron chi connectivity index (χ0n) is 15.2. The summed E-state index contributed by atoms with van der Waals surface area (Å²) in [6.45, 7) is 2.06. The lowest BCUT2D eigenvalue weighted by atomic mass is 9.92. The van der Waals surface area contributed by atoms with E-state index in [-0.39, 0.29) is 11.8 Å². The first kappa shape index (κ1) is 17.2. The molecule has 2 atom stereocenters. The van der Waals surface area contributed by atoms with E-state index in [1.165, 1.54) is 0 Å². The SMILES string of the molecule is CC[C@@H](NC1=C(Nc2cccc3nnn(C)c23)C(=O)C1O)c1ccccc1. The van der Waals surface area contributed by atoms with Crippen molar-refractivity contribution < 1.29 is 9.90 Å². The molecule has 0 spiro atoms. The normalized spacial score (nSPS) is 17.7. The second kappa shape index (κ2) is 6.85. The number of hydrogen-bond donors (Lipinski definition) is 3. The first-order valence-corrected chi connectivity index (χ1v) is 8.93. The molecular formula is C20H21N5O2. The van der Waals surface area contributed by atoms with E-state index in [4.69, 9.17) is 0 Å². The Bertz CT molecular complexity index is 1030. The predicted molar refractivity (Wildman–Crippen MR) is 103 cm³/mol. The zero-order chi connectivity index (χ0) is 19.0. The number of anilines is 1. The topological polar surface area (TPSA) is 92.1 Å². The number of aryl methyl sites for hydroxylation is 1. The van der Waals surface area contributed by atoms with E-state index in [0.29, 0.717) is 11.4 Å². The van der Waals surface area contributed by atoms with Gasteiger partial charge in [0, 0.05) is 7.05 Å². The summed E-state index contributed by atoms with van der Waals surface area (Å²) in [5, 5.41) is 24.8. The van der Waals surface area contributed by atoms with Gasteiger partial charge in [0.25, 0.3) is 0 Å². The number of fused-ring (bicyclic) bond motifs is 1. The van der Waals surface area contributed by atoms with Gasteiger partial charge in [-0.2, -0.15) is 0 Å². The van der Waals surface area contributed by atoms with E-state index in [1.54, 1.807) is 11.7 Å². The van der Waals surface area contributed by atoms with Crippen LogP contribution in [0.5, 0.6) is 0 Å². The fraction of sp³-hybridized carbons (Fsp3) is 0.250. The highest BCUT2D eigenvalue weighted by Crippen LogP contribution is 2.30. The lowest BCUT2D eigenvalue weighted by Crippen LogP contribution is -2.46. The van der Waals surface area contributed by atoms with Crippen LogP contribution < -0.4 is 10.6 Å². The van der Waals surface area contributed by atoms with Gasteiger partial charge in [-0.1, -0.05) is 48.5 Å². The summed E-state index contributed by atoms with van der Waals surface area (Å²) in [4.78, 5) is 12.3. The molecule has 1 unspecified atom stereocenters. The van der Waals surface area contributed by atoms with Crippen molar-refractivity contribution in [1.29, 1.82) is 0 Å². The smallest absolute Gasteiger partial charge is 0.215 e. The van der Waals surface area contributed by atoms with E-state index < -0.39 is 6.10 Å². The molecule has 7 nitrogen and oxygen atoms in total. The molecule has 3 aromatic rings. The van der Waals surface area contributed by atoms with Crippen LogP contribution in [-0.2, 0) is 11.8 Å². The summed E-state index contributed by atoms with van der Waals surface area (Å²) in [7, 11) is 1.80. The van der Waals surface area contributed by atoms with Crippen molar-refractivity contribution in [3.05, 3.63) is 65.5 Å². The van der Waals surface area contributed by atoms with Crippen LogP contribution in [0.1, 0.15) is 24.9 Å². The molecule has 1 heterocycles. The number of para-hydroxylation sites is 1. The van der Waals surface area contributed by atoms with Crippen molar-refractivity contribution in [2.75, 3.05) is 5.32 Å². The van der Waals surface area contributed by atoms with Gasteiger partial charge in [-0.15, -0.1) is 5.10 Å². The molecule has 1 aromatic heterocycles. The third kappa shape index (κ3) is 2.96. The molecule has 0 amide bonds. The number of rotatable bonds is 6. The average molecular weight is 363 g/mol. The molecule has 0 aliphatic heterocycles. The van der Waals surface area contributed by atoms with Gasteiger partial charge in [0.05, 0.1) is 17.4 Å². The van der Waals surface area contributed by atoms with Crippen molar-refractivity contribution in [2.24, 2.45) is 7.05 Å². The minimum atomic E-state index is -1.13. The number of aliphatic hydroxyl groups is 1. The number of Topliss-reactive ketones (excluding diaryl/α,β-unsaturated/α-hetero) is 1. The molecule has 3 N–H and O–H groups in total. The molecule has 7 heteroatoms. The molecule has 0 saturated heterocycles. The minimum Gasteiger partial charge on any atom is -0.378 e. The number of hydrogen-bond acceptors (Lipinski definition) is 6. The Kier molecular flexibility index (Phi) is 4.37. The molecule has 27 heavy (non-hydrogen) atoms. The van der Waals surface area contributed by atoms with Crippen LogP contribution in [0.3, 0.4) is 0 Å². The number of benzene rings is 2. The highest BCUT2D eigenvalue weighted by molar-refractivity contribution is 6.11. The molecular weight excluding hydrogens is 342 g/mol. The molecule has 1 aliphatic carbocycles.